The van der Waals surface area contributed by atoms with Crippen molar-refractivity contribution in [3.8, 4) is 0 Å². The van der Waals surface area contributed by atoms with Crippen LogP contribution in [0.5, 0.6) is 0 Å². The van der Waals surface area contributed by atoms with E-state index in [2.05, 4.69) is 44.0 Å². The highest BCUT2D eigenvalue weighted by Gasteiger charge is 2.18. The monoisotopic (exact) mass is 291 g/mol. The zero-order valence-corrected chi connectivity index (χ0v) is 13.1. The first-order chi connectivity index (χ1) is 10.6. The van der Waals surface area contributed by atoms with Crippen molar-refractivity contribution in [1.29, 1.82) is 0 Å². The summed E-state index contributed by atoms with van der Waals surface area (Å²) < 4.78 is 0. The van der Waals surface area contributed by atoms with Gasteiger partial charge in [-0.25, -0.2) is 15.0 Å². The van der Waals surface area contributed by atoms with E-state index >= 15 is 0 Å². The molecule has 0 atom stereocenters. The first kappa shape index (κ1) is 13.0. The van der Waals surface area contributed by atoms with Crippen LogP contribution in [0.25, 0.3) is 32.6 Å². The molecule has 0 bridgehead atoms. The van der Waals surface area contributed by atoms with Gasteiger partial charge in [-0.2, -0.15) is 0 Å². The van der Waals surface area contributed by atoms with Crippen LogP contribution in [0, 0.1) is 0 Å². The highest BCUT2D eigenvalue weighted by molar-refractivity contribution is 6.25. The summed E-state index contributed by atoms with van der Waals surface area (Å²) in [4.78, 5) is 17.8. The standard InChI is InChI=1S/C17H17N5/c1-21(2)16-10-5-7-12-15-13(19-9-18-12)8-6-11(14(10)15)17(20-16)22(3)4/h5-9H,1-4H3. The van der Waals surface area contributed by atoms with Crippen LogP contribution < -0.4 is 9.80 Å². The normalized spacial score (nSPS) is 11.6. The van der Waals surface area contributed by atoms with Crippen LogP contribution in [0.2, 0.25) is 0 Å². The van der Waals surface area contributed by atoms with Crippen LogP contribution >= 0.6 is 0 Å². The van der Waals surface area contributed by atoms with E-state index in [4.69, 9.17) is 4.98 Å². The molecule has 5 nitrogen and oxygen atoms in total. The lowest BCUT2D eigenvalue weighted by atomic mass is 9.99. The van der Waals surface area contributed by atoms with Crippen molar-refractivity contribution in [3.05, 3.63) is 30.6 Å². The Bertz CT molecular complexity index is 918. The molecule has 0 aliphatic heterocycles. The van der Waals surface area contributed by atoms with Crippen molar-refractivity contribution < 1.29 is 0 Å². The molecule has 0 unspecified atom stereocenters. The molecule has 22 heavy (non-hydrogen) atoms. The largest absolute Gasteiger partial charge is 0.362 e. The van der Waals surface area contributed by atoms with Crippen molar-refractivity contribution >= 4 is 44.2 Å². The number of benzene rings is 2. The zero-order valence-electron chi connectivity index (χ0n) is 13.1. The first-order valence-electron chi connectivity index (χ1n) is 7.22. The number of anilines is 2. The summed E-state index contributed by atoms with van der Waals surface area (Å²) in [5.41, 5.74) is 1.95. The molecule has 4 aromatic rings. The molecular weight excluding hydrogens is 274 g/mol. The second-order valence-electron chi connectivity index (χ2n) is 5.94. The van der Waals surface area contributed by atoms with Crippen molar-refractivity contribution in [3.63, 3.8) is 0 Å². The molecule has 0 radical (unpaired) electrons. The average molecular weight is 291 g/mol. The topological polar surface area (TPSA) is 45.2 Å². The highest BCUT2D eigenvalue weighted by Crippen LogP contribution is 2.39. The number of rotatable bonds is 2. The summed E-state index contributed by atoms with van der Waals surface area (Å²) in [7, 11) is 8.09. The summed E-state index contributed by atoms with van der Waals surface area (Å²) in [6, 6.07) is 8.32. The number of pyridine rings is 1. The van der Waals surface area contributed by atoms with Gasteiger partial charge in [0.15, 0.2) is 0 Å². The fourth-order valence-electron chi connectivity index (χ4n) is 3.10. The molecule has 2 heterocycles. The summed E-state index contributed by atoms with van der Waals surface area (Å²) >= 11 is 0. The lowest BCUT2D eigenvalue weighted by Crippen LogP contribution is -2.16. The summed E-state index contributed by atoms with van der Waals surface area (Å²) in [6.07, 6.45) is 1.62. The third kappa shape index (κ3) is 1.62. The molecule has 110 valence electrons. The Kier molecular flexibility index (Phi) is 2.60. The van der Waals surface area contributed by atoms with Gasteiger partial charge in [0.1, 0.15) is 18.0 Å². The van der Waals surface area contributed by atoms with Gasteiger partial charge in [0.25, 0.3) is 0 Å². The fraction of sp³-hybridized carbons (Fsp3) is 0.235. The molecule has 0 N–H and O–H groups in total. The smallest absolute Gasteiger partial charge is 0.138 e. The number of hydrogen-bond acceptors (Lipinski definition) is 5. The van der Waals surface area contributed by atoms with Crippen LogP contribution in [0.4, 0.5) is 11.6 Å². The van der Waals surface area contributed by atoms with Gasteiger partial charge in [-0.05, 0) is 24.3 Å². The van der Waals surface area contributed by atoms with Crippen LogP contribution in [0.15, 0.2) is 30.6 Å². The number of aromatic nitrogens is 3. The van der Waals surface area contributed by atoms with E-state index in [1.54, 1.807) is 6.33 Å². The number of hydrogen-bond donors (Lipinski definition) is 0. The van der Waals surface area contributed by atoms with E-state index < -0.39 is 0 Å². The van der Waals surface area contributed by atoms with Crippen molar-refractivity contribution in [2.75, 3.05) is 38.0 Å². The third-order valence-electron chi connectivity index (χ3n) is 4.05. The molecule has 0 fully saturated rings. The minimum absolute atomic E-state index is 0.967. The molecule has 0 saturated carbocycles. The molecular formula is C17H17N5. The van der Waals surface area contributed by atoms with E-state index in [0.29, 0.717) is 0 Å². The van der Waals surface area contributed by atoms with Crippen molar-refractivity contribution in [1.82, 2.24) is 15.0 Å². The Hall–Kier alpha value is -2.69. The second kappa shape index (κ2) is 4.40. The summed E-state index contributed by atoms with van der Waals surface area (Å²) in [6.45, 7) is 0. The van der Waals surface area contributed by atoms with Gasteiger partial charge in [-0.3, -0.25) is 0 Å². The van der Waals surface area contributed by atoms with E-state index in [0.717, 1.165) is 38.8 Å². The van der Waals surface area contributed by atoms with E-state index in [-0.39, 0.29) is 0 Å². The van der Waals surface area contributed by atoms with E-state index in [1.165, 1.54) is 5.39 Å². The van der Waals surface area contributed by atoms with Gasteiger partial charge in [0.2, 0.25) is 0 Å². The molecule has 0 aliphatic rings. The van der Waals surface area contributed by atoms with Gasteiger partial charge in [0, 0.05) is 49.7 Å². The maximum absolute atomic E-state index is 4.87. The van der Waals surface area contributed by atoms with Crippen molar-refractivity contribution in [2.45, 2.75) is 0 Å². The summed E-state index contributed by atoms with van der Waals surface area (Å²) in [5, 5.41) is 4.58. The van der Waals surface area contributed by atoms with E-state index in [9.17, 15) is 0 Å². The molecule has 2 aromatic heterocycles. The average Bonchev–Trinajstić information content (AvgIpc) is 2.51. The number of nitrogens with zero attached hydrogens (tertiary/aromatic N) is 5. The second-order valence-corrected chi connectivity index (χ2v) is 5.94. The maximum atomic E-state index is 4.87. The third-order valence-corrected chi connectivity index (χ3v) is 4.05. The molecule has 0 amide bonds. The molecule has 0 saturated heterocycles. The van der Waals surface area contributed by atoms with Crippen molar-refractivity contribution in [2.24, 2.45) is 0 Å². The van der Waals surface area contributed by atoms with Gasteiger partial charge >= 0.3 is 0 Å². The minimum Gasteiger partial charge on any atom is -0.362 e. The molecule has 4 rings (SSSR count). The molecule has 0 spiro atoms. The maximum Gasteiger partial charge on any atom is 0.138 e. The van der Waals surface area contributed by atoms with Gasteiger partial charge in [0.05, 0.1) is 11.0 Å². The van der Waals surface area contributed by atoms with E-state index in [1.807, 2.05) is 28.2 Å². The Labute approximate surface area is 128 Å². The SMILES string of the molecule is CN(C)c1nc(N(C)C)c2ccc3ncnc4ccc1c2c43. The fourth-order valence-corrected chi connectivity index (χ4v) is 3.10. The Morgan fingerprint density at radius 1 is 0.682 bits per heavy atom. The highest BCUT2D eigenvalue weighted by atomic mass is 15.2. The quantitative estimate of drug-likeness (QED) is 0.531. The molecule has 5 heteroatoms. The first-order valence-corrected chi connectivity index (χ1v) is 7.22. The predicted molar refractivity (Wildman–Crippen MR) is 92.2 cm³/mol. The summed E-state index contributed by atoms with van der Waals surface area (Å²) in [5.74, 6) is 1.93. The predicted octanol–water partition coefficient (Wildman–Crippen LogP) is 2.90. The lowest BCUT2D eigenvalue weighted by molar-refractivity contribution is 1.04. The molecule has 0 aliphatic carbocycles. The minimum atomic E-state index is 0.967. The van der Waals surface area contributed by atoms with Gasteiger partial charge in [-0.15, -0.1) is 0 Å². The van der Waals surface area contributed by atoms with Crippen LogP contribution in [0.3, 0.4) is 0 Å². The zero-order chi connectivity index (χ0) is 15.4. The van der Waals surface area contributed by atoms with Crippen LogP contribution in [0.1, 0.15) is 0 Å². The Morgan fingerprint density at radius 2 is 1.18 bits per heavy atom. The Balaban J connectivity index is 2.33. The Morgan fingerprint density at radius 3 is 1.64 bits per heavy atom. The van der Waals surface area contributed by atoms with Gasteiger partial charge in [-0.1, -0.05) is 0 Å². The molecule has 2 aromatic carbocycles. The lowest BCUT2D eigenvalue weighted by Gasteiger charge is -2.22. The van der Waals surface area contributed by atoms with Gasteiger partial charge < -0.3 is 9.80 Å². The van der Waals surface area contributed by atoms with Crippen LogP contribution in [-0.4, -0.2) is 43.1 Å². The van der Waals surface area contributed by atoms with Crippen LogP contribution in [-0.2, 0) is 0 Å².